The summed E-state index contributed by atoms with van der Waals surface area (Å²) in [5.41, 5.74) is 0.680. The Morgan fingerprint density at radius 2 is 2.39 bits per heavy atom. The van der Waals surface area contributed by atoms with Crippen LogP contribution >= 0.6 is 11.8 Å². The van der Waals surface area contributed by atoms with E-state index in [1.165, 1.54) is 6.07 Å². The standard InChI is InChI=1S/C11H13N3O3S/c1-18-7-3-6-12-11-13-10-8(14(15)16)4-2-5-9(10)17-11/h2,4-5H,3,6-7H2,1H3,(H,12,13). The van der Waals surface area contributed by atoms with Gasteiger partial charge in [0.15, 0.2) is 11.1 Å². The first-order chi connectivity index (χ1) is 8.72. The predicted molar refractivity (Wildman–Crippen MR) is 72.2 cm³/mol. The highest BCUT2D eigenvalue weighted by molar-refractivity contribution is 7.98. The lowest BCUT2D eigenvalue weighted by molar-refractivity contribution is -0.383. The molecule has 0 atom stereocenters. The predicted octanol–water partition coefficient (Wildman–Crippen LogP) is 2.90. The Kier molecular flexibility index (Phi) is 4.03. The molecule has 1 aromatic carbocycles. The van der Waals surface area contributed by atoms with Gasteiger partial charge in [0.1, 0.15) is 0 Å². The molecule has 1 N–H and O–H groups in total. The van der Waals surface area contributed by atoms with Crippen LogP contribution in [0.15, 0.2) is 22.6 Å². The molecule has 2 rings (SSSR count). The van der Waals surface area contributed by atoms with Gasteiger partial charge in [0.2, 0.25) is 0 Å². The van der Waals surface area contributed by atoms with Crippen molar-refractivity contribution in [1.82, 2.24) is 4.98 Å². The first kappa shape index (κ1) is 12.7. The van der Waals surface area contributed by atoms with E-state index in [0.717, 1.165) is 18.7 Å². The second-order valence-corrected chi connectivity index (χ2v) is 4.66. The van der Waals surface area contributed by atoms with Gasteiger partial charge in [0.25, 0.3) is 11.7 Å². The van der Waals surface area contributed by atoms with Gasteiger partial charge in [-0.05, 0) is 24.5 Å². The van der Waals surface area contributed by atoms with E-state index >= 15 is 0 Å². The zero-order valence-corrected chi connectivity index (χ0v) is 10.7. The van der Waals surface area contributed by atoms with Crippen molar-refractivity contribution in [2.24, 2.45) is 0 Å². The van der Waals surface area contributed by atoms with Gasteiger partial charge >= 0.3 is 0 Å². The zero-order valence-electron chi connectivity index (χ0n) is 9.88. The fraction of sp³-hybridized carbons (Fsp3) is 0.364. The van der Waals surface area contributed by atoms with Crippen LogP contribution in [0.3, 0.4) is 0 Å². The molecule has 0 saturated carbocycles. The van der Waals surface area contributed by atoms with Crippen LogP contribution in [0.5, 0.6) is 0 Å². The number of hydrogen-bond donors (Lipinski definition) is 1. The second kappa shape index (κ2) is 5.72. The molecule has 1 aromatic heterocycles. The van der Waals surface area contributed by atoms with E-state index in [1.807, 2.05) is 6.26 Å². The molecule has 18 heavy (non-hydrogen) atoms. The fourth-order valence-electron chi connectivity index (χ4n) is 1.57. The van der Waals surface area contributed by atoms with Crippen LogP contribution in [-0.4, -0.2) is 28.5 Å². The van der Waals surface area contributed by atoms with E-state index in [4.69, 9.17) is 4.42 Å². The van der Waals surface area contributed by atoms with E-state index in [0.29, 0.717) is 11.6 Å². The van der Waals surface area contributed by atoms with Gasteiger partial charge in [0, 0.05) is 12.6 Å². The van der Waals surface area contributed by atoms with Crippen molar-refractivity contribution in [3.63, 3.8) is 0 Å². The summed E-state index contributed by atoms with van der Waals surface area (Å²) in [4.78, 5) is 14.5. The quantitative estimate of drug-likeness (QED) is 0.492. The van der Waals surface area contributed by atoms with Gasteiger partial charge in [-0.25, -0.2) is 0 Å². The molecule has 0 aliphatic heterocycles. The molecule has 0 spiro atoms. The molecular formula is C11H13N3O3S. The van der Waals surface area contributed by atoms with Crippen LogP contribution in [0.25, 0.3) is 11.1 Å². The Hall–Kier alpha value is -1.76. The lowest BCUT2D eigenvalue weighted by Crippen LogP contribution is -2.02. The minimum absolute atomic E-state index is 0.0339. The Morgan fingerprint density at radius 3 is 3.11 bits per heavy atom. The summed E-state index contributed by atoms with van der Waals surface area (Å²) >= 11 is 1.77. The number of nitro groups is 1. The average Bonchev–Trinajstić information content (AvgIpc) is 2.76. The maximum Gasteiger partial charge on any atom is 0.298 e. The molecule has 7 heteroatoms. The number of thioether (sulfide) groups is 1. The number of rotatable bonds is 6. The van der Waals surface area contributed by atoms with Crippen molar-refractivity contribution in [2.45, 2.75) is 6.42 Å². The first-order valence-electron chi connectivity index (χ1n) is 5.49. The molecule has 6 nitrogen and oxygen atoms in total. The number of aromatic nitrogens is 1. The number of nitrogens with one attached hydrogen (secondary N) is 1. The summed E-state index contributed by atoms with van der Waals surface area (Å²) in [6, 6.07) is 5.01. The summed E-state index contributed by atoms with van der Waals surface area (Å²) in [5, 5.41) is 13.8. The highest BCUT2D eigenvalue weighted by Gasteiger charge is 2.16. The minimum atomic E-state index is -0.456. The van der Waals surface area contributed by atoms with Crippen LogP contribution in [0, 0.1) is 10.1 Å². The smallest absolute Gasteiger partial charge is 0.298 e. The topological polar surface area (TPSA) is 81.2 Å². The molecular weight excluding hydrogens is 254 g/mol. The van der Waals surface area contributed by atoms with Crippen molar-refractivity contribution in [3.8, 4) is 0 Å². The third-order valence-corrected chi connectivity index (χ3v) is 3.09. The number of hydrogen-bond acceptors (Lipinski definition) is 6. The average molecular weight is 267 g/mol. The van der Waals surface area contributed by atoms with Crippen molar-refractivity contribution >= 4 is 34.6 Å². The van der Waals surface area contributed by atoms with Gasteiger partial charge in [-0.1, -0.05) is 6.07 Å². The van der Waals surface area contributed by atoms with Gasteiger partial charge in [-0.15, -0.1) is 0 Å². The van der Waals surface area contributed by atoms with Crippen LogP contribution < -0.4 is 5.32 Å². The largest absolute Gasteiger partial charge is 0.423 e. The minimum Gasteiger partial charge on any atom is -0.423 e. The van der Waals surface area contributed by atoms with Crippen molar-refractivity contribution in [1.29, 1.82) is 0 Å². The van der Waals surface area contributed by atoms with Gasteiger partial charge in [0.05, 0.1) is 4.92 Å². The molecule has 96 valence electrons. The maximum absolute atomic E-state index is 10.8. The first-order valence-corrected chi connectivity index (χ1v) is 6.88. The lowest BCUT2D eigenvalue weighted by Gasteiger charge is -1.98. The molecule has 0 amide bonds. The SMILES string of the molecule is CSCCCNc1nc2c([N+](=O)[O-])cccc2o1. The van der Waals surface area contributed by atoms with Gasteiger partial charge < -0.3 is 9.73 Å². The summed E-state index contributed by atoms with van der Waals surface area (Å²) in [5.74, 6) is 1.05. The highest BCUT2D eigenvalue weighted by Crippen LogP contribution is 2.27. The summed E-state index contributed by atoms with van der Waals surface area (Å²) in [7, 11) is 0. The number of oxazole rings is 1. The van der Waals surface area contributed by atoms with Gasteiger partial charge in [-0.3, -0.25) is 10.1 Å². The number of benzene rings is 1. The van der Waals surface area contributed by atoms with E-state index in [-0.39, 0.29) is 11.2 Å². The monoisotopic (exact) mass is 267 g/mol. The number of anilines is 1. The highest BCUT2D eigenvalue weighted by atomic mass is 32.2. The summed E-state index contributed by atoms with van der Waals surface area (Å²) < 4.78 is 5.41. The van der Waals surface area contributed by atoms with E-state index in [9.17, 15) is 10.1 Å². The Labute approximate surface area is 108 Å². The Morgan fingerprint density at radius 1 is 1.56 bits per heavy atom. The van der Waals surface area contributed by atoms with E-state index in [2.05, 4.69) is 10.3 Å². The van der Waals surface area contributed by atoms with Crippen molar-refractivity contribution in [3.05, 3.63) is 28.3 Å². The van der Waals surface area contributed by atoms with E-state index in [1.54, 1.807) is 23.9 Å². The molecule has 2 aromatic rings. The molecule has 0 aliphatic rings. The number of fused-ring (bicyclic) bond motifs is 1. The van der Waals surface area contributed by atoms with Crippen LogP contribution in [-0.2, 0) is 0 Å². The molecule has 0 unspecified atom stereocenters. The number of nitro benzene ring substituents is 1. The number of non-ortho nitro benzene ring substituents is 1. The molecule has 1 heterocycles. The fourth-order valence-corrected chi connectivity index (χ4v) is 2.00. The zero-order chi connectivity index (χ0) is 13.0. The molecule has 0 saturated heterocycles. The van der Waals surface area contributed by atoms with Crippen LogP contribution in [0.2, 0.25) is 0 Å². The van der Waals surface area contributed by atoms with Crippen LogP contribution in [0.1, 0.15) is 6.42 Å². The van der Waals surface area contributed by atoms with E-state index < -0.39 is 4.92 Å². The van der Waals surface area contributed by atoms with Gasteiger partial charge in [-0.2, -0.15) is 16.7 Å². The maximum atomic E-state index is 10.8. The van der Waals surface area contributed by atoms with Crippen molar-refractivity contribution < 1.29 is 9.34 Å². The number of para-hydroxylation sites is 1. The Bertz CT molecular complexity index is 555. The third kappa shape index (κ3) is 2.73. The molecule has 0 radical (unpaired) electrons. The summed E-state index contributed by atoms with van der Waals surface area (Å²) in [6.07, 6.45) is 3.03. The van der Waals surface area contributed by atoms with Crippen LogP contribution in [0.4, 0.5) is 11.7 Å². The van der Waals surface area contributed by atoms with Crippen molar-refractivity contribution in [2.75, 3.05) is 23.9 Å². The second-order valence-electron chi connectivity index (χ2n) is 3.67. The number of nitrogens with zero attached hydrogens (tertiary/aromatic N) is 2. The summed E-state index contributed by atoms with van der Waals surface area (Å²) in [6.45, 7) is 0.738. The molecule has 0 aliphatic carbocycles. The molecule has 0 bridgehead atoms. The normalized spacial score (nSPS) is 10.7. The lowest BCUT2D eigenvalue weighted by atomic mass is 10.3. The molecule has 0 fully saturated rings. The third-order valence-electron chi connectivity index (χ3n) is 2.40. The Balaban J connectivity index is 2.17.